The van der Waals surface area contributed by atoms with E-state index in [2.05, 4.69) is 36.7 Å². The van der Waals surface area contributed by atoms with Crippen LogP contribution >= 0.6 is 15.9 Å². The molecule has 0 N–H and O–H groups in total. The van der Waals surface area contributed by atoms with Gasteiger partial charge in [-0.25, -0.2) is 0 Å². The normalized spacial score (nSPS) is 12.8. The molecule has 2 aromatic rings. The Balaban J connectivity index is 2.64. The Morgan fingerprint density at radius 3 is 1.96 bits per heavy atom. The third-order valence-corrected chi connectivity index (χ3v) is 5.03. The van der Waals surface area contributed by atoms with Crippen molar-refractivity contribution in [3.05, 3.63) is 63.6 Å². The van der Waals surface area contributed by atoms with Crippen molar-refractivity contribution >= 4 is 27.5 Å². The first kappa shape index (κ1) is 22.5. The zero-order valence-corrected chi connectivity index (χ0v) is 18.5. The van der Waals surface area contributed by atoms with Crippen molar-refractivity contribution in [2.75, 3.05) is 4.90 Å². The van der Waals surface area contributed by atoms with Crippen LogP contribution in [0.1, 0.15) is 63.0 Å². The summed E-state index contributed by atoms with van der Waals surface area (Å²) in [5.41, 5.74) is -0.543. The van der Waals surface area contributed by atoms with Gasteiger partial charge in [0.25, 0.3) is 5.91 Å². The van der Waals surface area contributed by atoms with Crippen LogP contribution in [0.4, 0.5) is 18.9 Å². The lowest BCUT2D eigenvalue weighted by atomic mass is 9.87. The molecule has 0 saturated carbocycles. The van der Waals surface area contributed by atoms with E-state index in [4.69, 9.17) is 0 Å². The summed E-state index contributed by atoms with van der Waals surface area (Å²) in [6, 6.07) is 10.5. The minimum absolute atomic E-state index is 0.0967. The number of carbonyl (C=O) groups excluding carboxylic acids is 1. The van der Waals surface area contributed by atoms with E-state index in [1.54, 1.807) is 26.8 Å². The average molecular weight is 456 g/mol. The number of hydrogen-bond donors (Lipinski definition) is 0. The van der Waals surface area contributed by atoms with Crippen LogP contribution in [0, 0.1) is 0 Å². The lowest BCUT2D eigenvalue weighted by molar-refractivity contribution is -0.137. The van der Waals surface area contributed by atoms with Gasteiger partial charge in [0, 0.05) is 10.0 Å². The first-order valence-corrected chi connectivity index (χ1v) is 9.74. The van der Waals surface area contributed by atoms with Gasteiger partial charge in [-0.2, -0.15) is 13.2 Å². The fraction of sp³-hybridized carbons (Fsp3) is 0.409. The van der Waals surface area contributed by atoms with Crippen molar-refractivity contribution in [1.82, 2.24) is 0 Å². The zero-order valence-electron chi connectivity index (χ0n) is 16.9. The molecule has 0 radical (unpaired) electrons. The summed E-state index contributed by atoms with van der Waals surface area (Å²) < 4.78 is 41.0. The maximum Gasteiger partial charge on any atom is 0.417 e. The van der Waals surface area contributed by atoms with Crippen LogP contribution in [0.2, 0.25) is 0 Å². The molecule has 2 rings (SSSR count). The second-order valence-corrected chi connectivity index (χ2v) is 9.63. The van der Waals surface area contributed by atoms with Gasteiger partial charge in [0.2, 0.25) is 0 Å². The molecule has 2 nitrogen and oxygen atoms in total. The molecule has 0 saturated heterocycles. The molecular formula is C22H25BrF3NO. The third-order valence-electron chi connectivity index (χ3n) is 4.39. The SMILES string of the molecule is CC(C)(C)c1ccc(N(C(=O)c2ccccc2C(F)(F)F)C(C)(C)C)c(Br)c1. The highest BCUT2D eigenvalue weighted by molar-refractivity contribution is 9.10. The van der Waals surface area contributed by atoms with Crippen molar-refractivity contribution in [2.45, 2.75) is 58.7 Å². The smallest absolute Gasteiger partial charge is 0.302 e. The quantitative estimate of drug-likeness (QED) is 0.468. The molecule has 0 aliphatic rings. The molecule has 0 fully saturated rings. The summed E-state index contributed by atoms with van der Waals surface area (Å²) in [6.45, 7) is 11.6. The maximum absolute atomic E-state index is 13.5. The Hall–Kier alpha value is -1.82. The topological polar surface area (TPSA) is 20.3 Å². The van der Waals surface area contributed by atoms with E-state index in [9.17, 15) is 18.0 Å². The summed E-state index contributed by atoms with van der Waals surface area (Å²) in [7, 11) is 0. The Labute approximate surface area is 172 Å². The Morgan fingerprint density at radius 2 is 1.50 bits per heavy atom. The van der Waals surface area contributed by atoms with E-state index in [1.807, 2.05) is 12.1 Å². The number of carbonyl (C=O) groups is 1. The van der Waals surface area contributed by atoms with Gasteiger partial charge < -0.3 is 4.90 Å². The molecule has 0 bridgehead atoms. The van der Waals surface area contributed by atoms with Crippen molar-refractivity contribution in [1.29, 1.82) is 0 Å². The number of alkyl halides is 3. The summed E-state index contributed by atoms with van der Waals surface area (Å²) in [6.07, 6.45) is -4.61. The monoisotopic (exact) mass is 455 g/mol. The lowest BCUT2D eigenvalue weighted by Crippen LogP contribution is -2.46. The fourth-order valence-electron chi connectivity index (χ4n) is 2.97. The molecule has 0 heterocycles. The number of anilines is 1. The highest BCUT2D eigenvalue weighted by Gasteiger charge is 2.38. The van der Waals surface area contributed by atoms with Crippen LogP contribution in [0.3, 0.4) is 0 Å². The molecule has 1 amide bonds. The molecule has 0 aliphatic heterocycles. The molecule has 28 heavy (non-hydrogen) atoms. The van der Waals surface area contributed by atoms with Crippen LogP contribution in [-0.4, -0.2) is 11.4 Å². The van der Waals surface area contributed by atoms with E-state index in [-0.39, 0.29) is 11.0 Å². The third kappa shape index (κ3) is 4.77. The molecule has 6 heteroatoms. The van der Waals surface area contributed by atoms with Gasteiger partial charge in [0.15, 0.2) is 0 Å². The largest absolute Gasteiger partial charge is 0.417 e. The number of halogens is 4. The van der Waals surface area contributed by atoms with Gasteiger partial charge in [-0.05, 0) is 71.9 Å². The van der Waals surface area contributed by atoms with Gasteiger partial charge in [-0.3, -0.25) is 4.79 Å². The van der Waals surface area contributed by atoms with E-state index in [1.165, 1.54) is 23.1 Å². The molecule has 0 spiro atoms. The van der Waals surface area contributed by atoms with Crippen molar-refractivity contribution in [2.24, 2.45) is 0 Å². The highest BCUT2D eigenvalue weighted by Crippen LogP contribution is 2.38. The standard InChI is InChI=1S/C22H25BrF3NO/c1-20(2,3)14-11-12-18(17(23)13-14)27(21(4,5)6)19(28)15-9-7-8-10-16(15)22(24,25)26/h7-13H,1-6H3. The van der Waals surface area contributed by atoms with Crippen LogP contribution in [0.15, 0.2) is 46.9 Å². The predicted molar refractivity (Wildman–Crippen MR) is 111 cm³/mol. The summed E-state index contributed by atoms with van der Waals surface area (Å²) in [4.78, 5) is 14.7. The first-order valence-electron chi connectivity index (χ1n) is 8.95. The Bertz CT molecular complexity index is 877. The first-order chi connectivity index (χ1) is 12.6. The van der Waals surface area contributed by atoms with Gasteiger partial charge in [-0.1, -0.05) is 39.0 Å². The lowest BCUT2D eigenvalue weighted by Gasteiger charge is -2.37. The number of amides is 1. The van der Waals surface area contributed by atoms with Crippen LogP contribution < -0.4 is 4.90 Å². The molecule has 0 aliphatic carbocycles. The molecule has 0 aromatic heterocycles. The van der Waals surface area contributed by atoms with E-state index < -0.39 is 23.2 Å². The minimum atomic E-state index is -4.61. The number of hydrogen-bond acceptors (Lipinski definition) is 1. The maximum atomic E-state index is 13.5. The molecule has 152 valence electrons. The predicted octanol–water partition coefficient (Wildman–Crippen LogP) is 7.21. The van der Waals surface area contributed by atoms with Crippen molar-refractivity contribution in [3.63, 3.8) is 0 Å². The van der Waals surface area contributed by atoms with Crippen molar-refractivity contribution < 1.29 is 18.0 Å². The van der Waals surface area contributed by atoms with Gasteiger partial charge >= 0.3 is 6.18 Å². The molecular weight excluding hydrogens is 431 g/mol. The van der Waals surface area contributed by atoms with E-state index in [0.29, 0.717) is 10.2 Å². The van der Waals surface area contributed by atoms with Gasteiger partial charge in [0.05, 0.1) is 16.8 Å². The van der Waals surface area contributed by atoms with Crippen LogP contribution in [0.5, 0.6) is 0 Å². The average Bonchev–Trinajstić information content (AvgIpc) is 2.53. The Kier molecular flexibility index (Phi) is 6.05. The fourth-order valence-corrected chi connectivity index (χ4v) is 3.52. The van der Waals surface area contributed by atoms with E-state index in [0.717, 1.165) is 11.6 Å². The van der Waals surface area contributed by atoms with E-state index >= 15 is 0 Å². The summed E-state index contributed by atoms with van der Waals surface area (Å²) in [5.74, 6) is -0.690. The number of rotatable bonds is 2. The molecule has 0 atom stereocenters. The van der Waals surface area contributed by atoms with Crippen LogP contribution in [-0.2, 0) is 11.6 Å². The molecule has 2 aromatic carbocycles. The van der Waals surface area contributed by atoms with Gasteiger partial charge in [0.1, 0.15) is 0 Å². The summed E-state index contributed by atoms with van der Waals surface area (Å²) in [5, 5.41) is 0. The summed E-state index contributed by atoms with van der Waals surface area (Å²) >= 11 is 3.52. The van der Waals surface area contributed by atoms with Crippen molar-refractivity contribution in [3.8, 4) is 0 Å². The van der Waals surface area contributed by atoms with Gasteiger partial charge in [-0.15, -0.1) is 0 Å². The zero-order chi connectivity index (χ0) is 21.5. The highest BCUT2D eigenvalue weighted by atomic mass is 79.9. The number of nitrogens with zero attached hydrogens (tertiary/aromatic N) is 1. The number of benzene rings is 2. The minimum Gasteiger partial charge on any atom is -0.302 e. The Morgan fingerprint density at radius 1 is 0.929 bits per heavy atom. The second-order valence-electron chi connectivity index (χ2n) is 8.77. The van der Waals surface area contributed by atoms with Crippen LogP contribution in [0.25, 0.3) is 0 Å². The second kappa shape index (κ2) is 7.54. The molecule has 0 unspecified atom stereocenters.